The Hall–Kier alpha value is -2.56. The summed E-state index contributed by atoms with van der Waals surface area (Å²) in [7, 11) is 1.63. The van der Waals surface area contributed by atoms with Crippen molar-refractivity contribution in [3.63, 3.8) is 0 Å². The molecule has 5 heteroatoms. The van der Waals surface area contributed by atoms with Crippen molar-refractivity contribution in [2.24, 2.45) is 10.9 Å². The number of likely N-dealkylation sites (N-methyl/N-ethyl adjacent to an activating group) is 1. The number of rotatable bonds is 4. The van der Waals surface area contributed by atoms with Crippen LogP contribution in [0.3, 0.4) is 0 Å². The van der Waals surface area contributed by atoms with Crippen LogP contribution in [-0.2, 0) is 11.2 Å². The zero-order chi connectivity index (χ0) is 14.5. The van der Waals surface area contributed by atoms with Gasteiger partial charge in [0.15, 0.2) is 5.84 Å². The fourth-order valence-corrected chi connectivity index (χ4v) is 2.11. The summed E-state index contributed by atoms with van der Waals surface area (Å²) in [5, 5.41) is 13.6. The van der Waals surface area contributed by atoms with Gasteiger partial charge in [-0.05, 0) is 16.3 Å². The molecule has 2 aromatic rings. The minimum absolute atomic E-state index is 0.0127. The highest BCUT2D eigenvalue weighted by atomic mass is 16.4. The number of nitrogens with two attached hydrogens (primary N) is 1. The van der Waals surface area contributed by atoms with E-state index in [9.17, 15) is 4.79 Å². The molecule has 1 amide bonds. The van der Waals surface area contributed by atoms with Crippen LogP contribution in [0.5, 0.6) is 0 Å². The fraction of sp³-hybridized carbons (Fsp3) is 0.200. The van der Waals surface area contributed by atoms with E-state index in [-0.39, 0.29) is 24.7 Å². The highest BCUT2D eigenvalue weighted by Gasteiger charge is 2.12. The Kier molecular flexibility index (Phi) is 4.20. The number of amidine groups is 1. The lowest BCUT2D eigenvalue weighted by Crippen LogP contribution is -2.36. The maximum absolute atomic E-state index is 12.1. The summed E-state index contributed by atoms with van der Waals surface area (Å²) in [5.41, 5.74) is 6.37. The molecule has 5 nitrogen and oxygen atoms in total. The van der Waals surface area contributed by atoms with Crippen LogP contribution in [0.1, 0.15) is 5.56 Å². The molecule has 0 aromatic heterocycles. The average molecular weight is 271 g/mol. The highest BCUT2D eigenvalue weighted by molar-refractivity contribution is 5.92. The van der Waals surface area contributed by atoms with Crippen molar-refractivity contribution in [1.82, 2.24) is 4.90 Å². The van der Waals surface area contributed by atoms with Crippen LogP contribution in [-0.4, -0.2) is 35.4 Å². The van der Waals surface area contributed by atoms with Gasteiger partial charge < -0.3 is 15.8 Å². The van der Waals surface area contributed by atoms with Crippen LogP contribution < -0.4 is 5.73 Å². The summed E-state index contributed by atoms with van der Waals surface area (Å²) in [6, 6.07) is 13.8. The fourth-order valence-electron chi connectivity index (χ4n) is 2.11. The second-order valence-corrected chi connectivity index (χ2v) is 4.66. The van der Waals surface area contributed by atoms with Crippen molar-refractivity contribution in [3.8, 4) is 0 Å². The van der Waals surface area contributed by atoms with E-state index in [2.05, 4.69) is 5.16 Å². The highest BCUT2D eigenvalue weighted by Crippen LogP contribution is 2.19. The molecule has 0 aliphatic carbocycles. The summed E-state index contributed by atoms with van der Waals surface area (Å²) < 4.78 is 0. The topological polar surface area (TPSA) is 78.9 Å². The van der Waals surface area contributed by atoms with Gasteiger partial charge in [0.1, 0.15) is 0 Å². The summed E-state index contributed by atoms with van der Waals surface area (Å²) in [6.45, 7) is 0.111. The molecule has 0 saturated heterocycles. The second kappa shape index (κ2) is 6.06. The number of oxime groups is 1. The number of fused-ring (bicyclic) bond motifs is 1. The van der Waals surface area contributed by atoms with E-state index in [1.54, 1.807) is 7.05 Å². The molecule has 3 N–H and O–H groups in total. The molecule has 0 spiro atoms. The number of carbonyl (C=O) groups excluding carboxylic acids is 1. The van der Waals surface area contributed by atoms with Crippen LogP contribution in [0, 0.1) is 0 Å². The summed E-state index contributed by atoms with van der Waals surface area (Å²) in [5.74, 6) is -0.0632. The maximum atomic E-state index is 12.1. The van der Waals surface area contributed by atoms with E-state index < -0.39 is 0 Å². The predicted octanol–water partition coefficient (Wildman–Crippen LogP) is 1.59. The molecule has 0 radical (unpaired) electrons. The van der Waals surface area contributed by atoms with Crippen molar-refractivity contribution in [3.05, 3.63) is 48.0 Å². The molecule has 0 fully saturated rings. The van der Waals surface area contributed by atoms with E-state index in [1.807, 2.05) is 42.5 Å². The quantitative estimate of drug-likeness (QED) is 0.383. The number of amides is 1. The normalized spacial score (nSPS) is 11.6. The van der Waals surface area contributed by atoms with Crippen molar-refractivity contribution < 1.29 is 10.0 Å². The summed E-state index contributed by atoms with van der Waals surface area (Å²) in [4.78, 5) is 13.6. The minimum atomic E-state index is -0.0760. The van der Waals surface area contributed by atoms with Gasteiger partial charge in [0, 0.05) is 7.05 Å². The first-order valence-electron chi connectivity index (χ1n) is 6.29. The van der Waals surface area contributed by atoms with E-state index in [1.165, 1.54) is 4.90 Å². The second-order valence-electron chi connectivity index (χ2n) is 4.66. The molecule has 0 atom stereocenters. The number of nitrogens with zero attached hydrogens (tertiary/aromatic N) is 2. The SMILES string of the molecule is CN(CC(N)=NO)C(=O)Cc1cccc2ccccc12. The molecular formula is C15H17N3O2. The molecular weight excluding hydrogens is 254 g/mol. The molecule has 20 heavy (non-hydrogen) atoms. The molecule has 104 valence electrons. The lowest BCUT2D eigenvalue weighted by molar-refractivity contribution is -0.128. The smallest absolute Gasteiger partial charge is 0.227 e. The van der Waals surface area contributed by atoms with Crippen LogP contribution in [0.25, 0.3) is 10.8 Å². The largest absolute Gasteiger partial charge is 0.409 e. The lowest BCUT2D eigenvalue weighted by Gasteiger charge is -2.16. The van der Waals surface area contributed by atoms with Crippen LogP contribution in [0.4, 0.5) is 0 Å². The van der Waals surface area contributed by atoms with Crippen molar-refractivity contribution in [2.75, 3.05) is 13.6 Å². The molecule has 0 aliphatic rings. The first-order chi connectivity index (χ1) is 9.61. The lowest BCUT2D eigenvalue weighted by atomic mass is 10.0. The molecule has 0 aliphatic heterocycles. The third-order valence-electron chi connectivity index (χ3n) is 3.17. The van der Waals surface area contributed by atoms with Crippen LogP contribution in [0.15, 0.2) is 47.6 Å². The first kappa shape index (κ1) is 13.9. The monoisotopic (exact) mass is 271 g/mol. The van der Waals surface area contributed by atoms with Crippen molar-refractivity contribution >= 4 is 22.5 Å². The number of benzene rings is 2. The van der Waals surface area contributed by atoms with Crippen LogP contribution >= 0.6 is 0 Å². The van der Waals surface area contributed by atoms with Gasteiger partial charge in [-0.2, -0.15) is 0 Å². The third kappa shape index (κ3) is 3.06. The van der Waals surface area contributed by atoms with E-state index in [0.29, 0.717) is 0 Å². The number of hydrogen-bond donors (Lipinski definition) is 2. The van der Waals surface area contributed by atoms with Gasteiger partial charge in [-0.3, -0.25) is 4.79 Å². The molecule has 0 unspecified atom stereocenters. The third-order valence-corrected chi connectivity index (χ3v) is 3.17. The Morgan fingerprint density at radius 3 is 2.70 bits per heavy atom. The standard InChI is InChI=1S/C15H17N3O2/c1-18(10-14(16)17-20)15(19)9-12-7-4-6-11-5-2-3-8-13(11)12/h2-8,20H,9-10H2,1H3,(H2,16,17). The average Bonchev–Trinajstić information content (AvgIpc) is 2.47. The maximum Gasteiger partial charge on any atom is 0.227 e. The van der Waals surface area contributed by atoms with Crippen molar-refractivity contribution in [2.45, 2.75) is 6.42 Å². The van der Waals surface area contributed by atoms with E-state index in [4.69, 9.17) is 10.9 Å². The van der Waals surface area contributed by atoms with Gasteiger partial charge in [0.25, 0.3) is 0 Å². The van der Waals surface area contributed by atoms with Crippen molar-refractivity contribution in [1.29, 1.82) is 0 Å². The zero-order valence-corrected chi connectivity index (χ0v) is 11.3. The van der Waals surface area contributed by atoms with E-state index in [0.717, 1.165) is 16.3 Å². The van der Waals surface area contributed by atoms with Gasteiger partial charge in [-0.1, -0.05) is 47.6 Å². The Morgan fingerprint density at radius 2 is 1.95 bits per heavy atom. The number of carbonyl (C=O) groups is 1. The molecule has 0 saturated carbocycles. The van der Waals surface area contributed by atoms with Gasteiger partial charge >= 0.3 is 0 Å². The minimum Gasteiger partial charge on any atom is -0.409 e. The Labute approximate surface area is 117 Å². The predicted molar refractivity (Wildman–Crippen MR) is 78.7 cm³/mol. The van der Waals surface area contributed by atoms with Gasteiger partial charge in [0.2, 0.25) is 5.91 Å². The van der Waals surface area contributed by atoms with Crippen LogP contribution in [0.2, 0.25) is 0 Å². The first-order valence-corrected chi connectivity index (χ1v) is 6.29. The molecule has 0 bridgehead atoms. The van der Waals surface area contributed by atoms with Gasteiger partial charge in [-0.25, -0.2) is 0 Å². The van der Waals surface area contributed by atoms with Gasteiger partial charge in [-0.15, -0.1) is 0 Å². The Balaban J connectivity index is 2.18. The van der Waals surface area contributed by atoms with Gasteiger partial charge in [0.05, 0.1) is 13.0 Å². The molecule has 2 aromatic carbocycles. The Morgan fingerprint density at radius 1 is 1.25 bits per heavy atom. The number of hydrogen-bond acceptors (Lipinski definition) is 3. The zero-order valence-electron chi connectivity index (χ0n) is 11.3. The summed E-state index contributed by atoms with van der Waals surface area (Å²) in [6.07, 6.45) is 0.288. The van der Waals surface area contributed by atoms with E-state index >= 15 is 0 Å². The Bertz CT molecular complexity index is 647. The molecule has 0 heterocycles. The summed E-state index contributed by atoms with van der Waals surface area (Å²) >= 11 is 0. The molecule has 2 rings (SSSR count).